The summed E-state index contributed by atoms with van der Waals surface area (Å²) in [6, 6.07) is 9.41. The lowest BCUT2D eigenvalue weighted by molar-refractivity contribution is -0.136. The van der Waals surface area contributed by atoms with E-state index in [4.69, 9.17) is 5.73 Å². The molecule has 1 aromatic carbocycles. The number of piperidine rings is 1. The standard InChI is InChI=1S/C14H20N2O/c1-11-7-5-6-10-16(11)14(17)13(15)12-8-3-2-4-9-12/h2-4,8-9,11,13H,5-7,10,15H2,1H3/t11?,13-/m0/s1. The van der Waals surface area contributed by atoms with Crippen molar-refractivity contribution in [1.82, 2.24) is 4.90 Å². The quantitative estimate of drug-likeness (QED) is 0.848. The van der Waals surface area contributed by atoms with Gasteiger partial charge in [0.2, 0.25) is 5.91 Å². The van der Waals surface area contributed by atoms with E-state index in [2.05, 4.69) is 6.92 Å². The number of hydrogen-bond acceptors (Lipinski definition) is 2. The second-order valence-corrected chi connectivity index (χ2v) is 4.76. The molecule has 0 saturated carbocycles. The van der Waals surface area contributed by atoms with Crippen LogP contribution in [0.25, 0.3) is 0 Å². The molecule has 1 aliphatic rings. The maximum Gasteiger partial charge on any atom is 0.244 e. The van der Waals surface area contributed by atoms with Gasteiger partial charge in [-0.05, 0) is 31.7 Å². The molecule has 1 unspecified atom stereocenters. The van der Waals surface area contributed by atoms with Crippen LogP contribution < -0.4 is 5.73 Å². The molecule has 2 atom stereocenters. The minimum absolute atomic E-state index is 0.0587. The lowest BCUT2D eigenvalue weighted by atomic mass is 10.0. The van der Waals surface area contributed by atoms with Crippen molar-refractivity contribution >= 4 is 5.91 Å². The average Bonchev–Trinajstić information content (AvgIpc) is 2.39. The third-order valence-electron chi connectivity index (χ3n) is 3.51. The Labute approximate surface area is 103 Å². The Morgan fingerprint density at radius 1 is 1.35 bits per heavy atom. The van der Waals surface area contributed by atoms with Crippen LogP contribution in [0.5, 0.6) is 0 Å². The van der Waals surface area contributed by atoms with Gasteiger partial charge >= 0.3 is 0 Å². The molecular formula is C14H20N2O. The number of likely N-dealkylation sites (tertiary alicyclic amines) is 1. The second-order valence-electron chi connectivity index (χ2n) is 4.76. The van der Waals surface area contributed by atoms with Crippen molar-refractivity contribution in [2.75, 3.05) is 6.54 Å². The van der Waals surface area contributed by atoms with E-state index in [0.717, 1.165) is 24.9 Å². The molecule has 0 spiro atoms. The van der Waals surface area contributed by atoms with E-state index >= 15 is 0 Å². The van der Waals surface area contributed by atoms with Crippen LogP contribution in [-0.4, -0.2) is 23.4 Å². The number of benzene rings is 1. The number of nitrogens with two attached hydrogens (primary N) is 1. The van der Waals surface area contributed by atoms with Gasteiger partial charge in [0.25, 0.3) is 0 Å². The smallest absolute Gasteiger partial charge is 0.244 e. The van der Waals surface area contributed by atoms with E-state index in [1.54, 1.807) is 0 Å². The highest BCUT2D eigenvalue weighted by atomic mass is 16.2. The molecule has 2 rings (SSSR count). The van der Waals surface area contributed by atoms with E-state index in [-0.39, 0.29) is 5.91 Å². The fourth-order valence-corrected chi connectivity index (χ4v) is 2.41. The van der Waals surface area contributed by atoms with E-state index in [1.807, 2.05) is 35.2 Å². The number of carbonyl (C=O) groups is 1. The summed E-state index contributed by atoms with van der Waals surface area (Å²) in [5.74, 6) is 0.0587. The molecule has 1 heterocycles. The van der Waals surface area contributed by atoms with Crippen molar-refractivity contribution in [2.24, 2.45) is 5.73 Å². The Bertz CT molecular complexity index is 377. The van der Waals surface area contributed by atoms with Crippen LogP contribution in [0, 0.1) is 0 Å². The molecule has 3 nitrogen and oxygen atoms in total. The number of amides is 1. The van der Waals surface area contributed by atoms with Crippen LogP contribution >= 0.6 is 0 Å². The van der Waals surface area contributed by atoms with Gasteiger partial charge in [-0.25, -0.2) is 0 Å². The van der Waals surface area contributed by atoms with Crippen molar-refractivity contribution in [1.29, 1.82) is 0 Å². The fraction of sp³-hybridized carbons (Fsp3) is 0.500. The topological polar surface area (TPSA) is 46.3 Å². The number of hydrogen-bond donors (Lipinski definition) is 1. The van der Waals surface area contributed by atoms with Gasteiger partial charge in [0.05, 0.1) is 0 Å². The van der Waals surface area contributed by atoms with Gasteiger partial charge < -0.3 is 10.6 Å². The maximum atomic E-state index is 12.3. The van der Waals surface area contributed by atoms with Crippen molar-refractivity contribution in [3.8, 4) is 0 Å². The first-order valence-corrected chi connectivity index (χ1v) is 6.31. The van der Waals surface area contributed by atoms with E-state index in [1.165, 1.54) is 6.42 Å². The first-order valence-electron chi connectivity index (χ1n) is 6.31. The van der Waals surface area contributed by atoms with Crippen LogP contribution in [-0.2, 0) is 4.79 Å². The predicted molar refractivity (Wildman–Crippen MR) is 68.4 cm³/mol. The number of rotatable bonds is 2. The third kappa shape index (κ3) is 2.67. The highest BCUT2D eigenvalue weighted by Gasteiger charge is 2.27. The molecule has 1 aromatic rings. The van der Waals surface area contributed by atoms with Crippen molar-refractivity contribution < 1.29 is 4.79 Å². The molecule has 1 amide bonds. The molecule has 1 aliphatic heterocycles. The summed E-state index contributed by atoms with van der Waals surface area (Å²) in [5.41, 5.74) is 6.94. The van der Waals surface area contributed by atoms with Gasteiger partial charge in [-0.2, -0.15) is 0 Å². The zero-order chi connectivity index (χ0) is 12.3. The van der Waals surface area contributed by atoms with Crippen LogP contribution in [0.2, 0.25) is 0 Å². The monoisotopic (exact) mass is 232 g/mol. The zero-order valence-electron chi connectivity index (χ0n) is 10.3. The molecule has 17 heavy (non-hydrogen) atoms. The van der Waals surface area contributed by atoms with Crippen LogP contribution in [0.4, 0.5) is 0 Å². The molecule has 0 bridgehead atoms. The van der Waals surface area contributed by atoms with Crippen molar-refractivity contribution in [2.45, 2.75) is 38.3 Å². The Kier molecular flexibility index (Phi) is 3.79. The Morgan fingerprint density at radius 2 is 2.06 bits per heavy atom. The SMILES string of the molecule is CC1CCCCN1C(=O)[C@@H](N)c1ccccc1. The number of carbonyl (C=O) groups excluding carboxylic acids is 1. The van der Waals surface area contributed by atoms with Gasteiger partial charge in [-0.1, -0.05) is 30.3 Å². The molecule has 0 aliphatic carbocycles. The second kappa shape index (κ2) is 5.32. The molecule has 1 fully saturated rings. The van der Waals surface area contributed by atoms with Gasteiger partial charge in [-0.3, -0.25) is 4.79 Å². The molecular weight excluding hydrogens is 212 g/mol. The molecule has 0 aromatic heterocycles. The summed E-state index contributed by atoms with van der Waals surface area (Å²) < 4.78 is 0. The summed E-state index contributed by atoms with van der Waals surface area (Å²) in [4.78, 5) is 14.2. The highest BCUT2D eigenvalue weighted by Crippen LogP contribution is 2.21. The zero-order valence-corrected chi connectivity index (χ0v) is 10.3. The summed E-state index contributed by atoms with van der Waals surface area (Å²) in [6.45, 7) is 2.95. The lowest BCUT2D eigenvalue weighted by Crippen LogP contribution is -2.46. The van der Waals surface area contributed by atoms with Gasteiger partial charge in [0.15, 0.2) is 0 Å². The third-order valence-corrected chi connectivity index (χ3v) is 3.51. The van der Waals surface area contributed by atoms with E-state index in [9.17, 15) is 4.79 Å². The molecule has 0 radical (unpaired) electrons. The Balaban J connectivity index is 2.09. The first-order chi connectivity index (χ1) is 8.20. The van der Waals surface area contributed by atoms with Crippen LogP contribution in [0.15, 0.2) is 30.3 Å². The molecule has 1 saturated heterocycles. The Hall–Kier alpha value is -1.35. The summed E-state index contributed by atoms with van der Waals surface area (Å²) in [5, 5.41) is 0. The summed E-state index contributed by atoms with van der Waals surface area (Å²) in [7, 11) is 0. The number of nitrogens with zero attached hydrogens (tertiary/aromatic N) is 1. The van der Waals surface area contributed by atoms with Gasteiger partial charge in [-0.15, -0.1) is 0 Å². The van der Waals surface area contributed by atoms with Crippen molar-refractivity contribution in [3.05, 3.63) is 35.9 Å². The van der Waals surface area contributed by atoms with Gasteiger partial charge in [0.1, 0.15) is 6.04 Å². The molecule has 3 heteroatoms. The molecule has 2 N–H and O–H groups in total. The minimum atomic E-state index is -0.517. The van der Waals surface area contributed by atoms with E-state index < -0.39 is 6.04 Å². The summed E-state index contributed by atoms with van der Waals surface area (Å²) in [6.07, 6.45) is 3.40. The maximum absolute atomic E-state index is 12.3. The van der Waals surface area contributed by atoms with Crippen LogP contribution in [0.1, 0.15) is 37.8 Å². The average molecular weight is 232 g/mol. The van der Waals surface area contributed by atoms with E-state index in [0.29, 0.717) is 6.04 Å². The highest BCUT2D eigenvalue weighted by molar-refractivity contribution is 5.83. The minimum Gasteiger partial charge on any atom is -0.338 e. The Morgan fingerprint density at radius 3 is 2.71 bits per heavy atom. The van der Waals surface area contributed by atoms with Gasteiger partial charge in [0, 0.05) is 12.6 Å². The largest absolute Gasteiger partial charge is 0.338 e. The van der Waals surface area contributed by atoms with Crippen LogP contribution in [0.3, 0.4) is 0 Å². The predicted octanol–water partition coefficient (Wildman–Crippen LogP) is 2.09. The molecule has 92 valence electrons. The summed E-state index contributed by atoms with van der Waals surface area (Å²) >= 11 is 0. The lowest BCUT2D eigenvalue weighted by Gasteiger charge is -2.35. The van der Waals surface area contributed by atoms with Crippen molar-refractivity contribution in [3.63, 3.8) is 0 Å². The fourth-order valence-electron chi connectivity index (χ4n) is 2.41. The normalized spacial score (nSPS) is 22.2. The first kappa shape index (κ1) is 12.1.